The molecule has 4 nitrogen and oxygen atoms in total. The van der Waals surface area contributed by atoms with Gasteiger partial charge in [-0.25, -0.2) is 9.78 Å². The quantitative estimate of drug-likeness (QED) is 0.794. The minimum atomic E-state index is -0.0874. The van der Waals surface area contributed by atoms with Crippen LogP contribution >= 0.6 is 0 Å². The molecule has 4 heteroatoms. The van der Waals surface area contributed by atoms with E-state index in [-0.39, 0.29) is 6.03 Å². The van der Waals surface area contributed by atoms with Crippen molar-refractivity contribution in [2.45, 2.75) is 13.8 Å². The van der Waals surface area contributed by atoms with E-state index in [0.717, 1.165) is 11.3 Å². The van der Waals surface area contributed by atoms with Crippen LogP contribution in [0.25, 0.3) is 0 Å². The lowest BCUT2D eigenvalue weighted by Gasteiger charge is -2.21. The van der Waals surface area contributed by atoms with E-state index in [1.807, 2.05) is 38.1 Å². The topological polar surface area (TPSA) is 38.1 Å². The van der Waals surface area contributed by atoms with Gasteiger partial charge in [0.15, 0.2) is 0 Å². The molecule has 1 aromatic heterocycles. The standard InChI is InChI=1S/C13H15N3O/c1-3-16(12-6-4-5-11(2)9-12)13(17)15-8-7-14-10-15/h4-10H,3H2,1-2H3. The lowest BCUT2D eigenvalue weighted by atomic mass is 10.2. The lowest BCUT2D eigenvalue weighted by Crippen LogP contribution is -2.33. The van der Waals surface area contributed by atoms with Crippen LogP contribution in [0.15, 0.2) is 43.0 Å². The van der Waals surface area contributed by atoms with Gasteiger partial charge in [-0.2, -0.15) is 0 Å². The van der Waals surface area contributed by atoms with E-state index < -0.39 is 0 Å². The molecule has 1 aromatic carbocycles. The molecule has 1 heterocycles. The molecule has 0 atom stereocenters. The molecule has 0 N–H and O–H groups in total. The van der Waals surface area contributed by atoms with E-state index >= 15 is 0 Å². The summed E-state index contributed by atoms with van der Waals surface area (Å²) in [6.45, 7) is 4.59. The Morgan fingerprint density at radius 3 is 2.88 bits per heavy atom. The highest BCUT2D eigenvalue weighted by Crippen LogP contribution is 2.16. The fourth-order valence-electron chi connectivity index (χ4n) is 1.74. The number of aromatic nitrogens is 2. The number of hydrogen-bond acceptors (Lipinski definition) is 2. The monoisotopic (exact) mass is 229 g/mol. The summed E-state index contributed by atoms with van der Waals surface area (Å²) in [5, 5.41) is 0. The number of amides is 1. The zero-order valence-corrected chi connectivity index (χ0v) is 10.00. The molecule has 0 aliphatic rings. The normalized spacial score (nSPS) is 10.2. The van der Waals surface area contributed by atoms with Crippen LogP contribution in [0.3, 0.4) is 0 Å². The fourth-order valence-corrected chi connectivity index (χ4v) is 1.74. The Hall–Kier alpha value is -2.10. The fraction of sp³-hybridized carbons (Fsp3) is 0.231. The Morgan fingerprint density at radius 1 is 1.47 bits per heavy atom. The maximum atomic E-state index is 12.2. The van der Waals surface area contributed by atoms with Gasteiger partial charge in [-0.1, -0.05) is 12.1 Å². The Balaban J connectivity index is 2.31. The third kappa shape index (κ3) is 2.36. The summed E-state index contributed by atoms with van der Waals surface area (Å²) >= 11 is 0. The summed E-state index contributed by atoms with van der Waals surface area (Å²) in [6.07, 6.45) is 4.77. The van der Waals surface area contributed by atoms with E-state index in [1.165, 1.54) is 10.9 Å². The largest absolute Gasteiger partial charge is 0.333 e. The first kappa shape index (κ1) is 11.4. The molecule has 0 unspecified atom stereocenters. The van der Waals surface area contributed by atoms with Crippen molar-refractivity contribution in [3.05, 3.63) is 48.5 Å². The number of benzene rings is 1. The highest BCUT2D eigenvalue weighted by atomic mass is 16.2. The summed E-state index contributed by atoms with van der Waals surface area (Å²) in [5.41, 5.74) is 2.05. The van der Waals surface area contributed by atoms with Gasteiger partial charge in [-0.3, -0.25) is 9.47 Å². The second kappa shape index (κ2) is 4.82. The lowest BCUT2D eigenvalue weighted by molar-refractivity contribution is 0.248. The first-order chi connectivity index (χ1) is 8.22. The van der Waals surface area contributed by atoms with Crippen LogP contribution in [0.1, 0.15) is 12.5 Å². The third-order valence-corrected chi connectivity index (χ3v) is 2.59. The number of imidazole rings is 1. The molecule has 0 bridgehead atoms. The number of hydrogen-bond donors (Lipinski definition) is 0. The smallest absolute Gasteiger partial charge is 0.294 e. The molecule has 88 valence electrons. The predicted octanol–water partition coefficient (Wildman–Crippen LogP) is 2.69. The van der Waals surface area contributed by atoms with Crippen molar-refractivity contribution in [3.63, 3.8) is 0 Å². The molecule has 2 aromatic rings. The van der Waals surface area contributed by atoms with Crippen molar-refractivity contribution in [1.29, 1.82) is 0 Å². The second-order valence-corrected chi connectivity index (χ2v) is 3.84. The van der Waals surface area contributed by atoms with Gasteiger partial charge in [-0.15, -0.1) is 0 Å². The maximum Gasteiger partial charge on any atom is 0.333 e. The molecular weight excluding hydrogens is 214 g/mol. The highest BCUT2D eigenvalue weighted by Gasteiger charge is 2.14. The molecule has 2 rings (SSSR count). The molecule has 17 heavy (non-hydrogen) atoms. The minimum absolute atomic E-state index is 0.0874. The van der Waals surface area contributed by atoms with Gasteiger partial charge in [-0.05, 0) is 31.5 Å². The molecule has 0 spiro atoms. The molecule has 0 aliphatic carbocycles. The average molecular weight is 229 g/mol. The predicted molar refractivity (Wildman–Crippen MR) is 67.2 cm³/mol. The van der Waals surface area contributed by atoms with E-state index in [4.69, 9.17) is 0 Å². The van der Waals surface area contributed by atoms with Crippen LogP contribution in [0.2, 0.25) is 0 Å². The molecule has 0 saturated heterocycles. The van der Waals surface area contributed by atoms with Crippen LogP contribution in [0.5, 0.6) is 0 Å². The summed E-state index contributed by atoms with van der Waals surface area (Å²) in [7, 11) is 0. The number of nitrogens with zero attached hydrogens (tertiary/aromatic N) is 3. The van der Waals surface area contributed by atoms with Gasteiger partial charge in [0.25, 0.3) is 0 Å². The number of rotatable bonds is 2. The number of aryl methyl sites for hydroxylation is 1. The number of anilines is 1. The van der Waals surface area contributed by atoms with E-state index in [9.17, 15) is 4.79 Å². The van der Waals surface area contributed by atoms with Crippen molar-refractivity contribution in [3.8, 4) is 0 Å². The molecule has 0 radical (unpaired) electrons. The van der Waals surface area contributed by atoms with Gasteiger partial charge < -0.3 is 0 Å². The summed E-state index contributed by atoms with van der Waals surface area (Å²) < 4.78 is 1.48. The Morgan fingerprint density at radius 2 is 2.29 bits per heavy atom. The van der Waals surface area contributed by atoms with Crippen molar-refractivity contribution in [2.75, 3.05) is 11.4 Å². The first-order valence-electron chi connectivity index (χ1n) is 5.59. The van der Waals surface area contributed by atoms with Crippen LogP contribution in [0, 0.1) is 6.92 Å². The maximum absolute atomic E-state index is 12.2. The molecule has 1 amide bonds. The zero-order valence-electron chi connectivity index (χ0n) is 10.00. The SMILES string of the molecule is CCN(C(=O)n1ccnc1)c1cccc(C)c1. The van der Waals surface area contributed by atoms with Gasteiger partial charge >= 0.3 is 6.03 Å². The summed E-state index contributed by atoms with van der Waals surface area (Å²) in [6, 6.07) is 7.81. The average Bonchev–Trinajstić information content (AvgIpc) is 2.83. The Labute approximate surface area is 101 Å². The minimum Gasteiger partial charge on any atom is -0.294 e. The first-order valence-corrected chi connectivity index (χ1v) is 5.59. The van der Waals surface area contributed by atoms with Gasteiger partial charge in [0.1, 0.15) is 6.33 Å². The van der Waals surface area contributed by atoms with Crippen molar-refractivity contribution < 1.29 is 4.79 Å². The molecule has 0 fully saturated rings. The number of carbonyl (C=O) groups excluding carboxylic acids is 1. The second-order valence-electron chi connectivity index (χ2n) is 3.84. The van der Waals surface area contributed by atoms with Crippen LogP contribution < -0.4 is 4.90 Å². The summed E-state index contributed by atoms with van der Waals surface area (Å²) in [4.78, 5) is 17.8. The van der Waals surface area contributed by atoms with Gasteiger partial charge in [0.2, 0.25) is 0 Å². The van der Waals surface area contributed by atoms with Crippen molar-refractivity contribution >= 4 is 11.7 Å². The number of carbonyl (C=O) groups is 1. The van der Waals surface area contributed by atoms with Crippen LogP contribution in [-0.2, 0) is 0 Å². The van der Waals surface area contributed by atoms with E-state index in [2.05, 4.69) is 4.98 Å². The molecule has 0 aliphatic heterocycles. The van der Waals surface area contributed by atoms with Gasteiger partial charge in [0.05, 0.1) is 0 Å². The summed E-state index contributed by atoms with van der Waals surface area (Å²) in [5.74, 6) is 0. The molecular formula is C13H15N3O. The van der Waals surface area contributed by atoms with Crippen molar-refractivity contribution in [1.82, 2.24) is 9.55 Å². The third-order valence-electron chi connectivity index (χ3n) is 2.59. The van der Waals surface area contributed by atoms with E-state index in [1.54, 1.807) is 17.3 Å². The Kier molecular flexibility index (Phi) is 3.23. The zero-order chi connectivity index (χ0) is 12.3. The van der Waals surface area contributed by atoms with Crippen LogP contribution in [-0.4, -0.2) is 22.1 Å². The highest BCUT2D eigenvalue weighted by molar-refractivity contribution is 5.93. The molecule has 0 saturated carbocycles. The Bertz CT molecular complexity index is 505. The van der Waals surface area contributed by atoms with Gasteiger partial charge in [0, 0.05) is 24.6 Å². The van der Waals surface area contributed by atoms with Crippen LogP contribution in [0.4, 0.5) is 10.5 Å². The van der Waals surface area contributed by atoms with E-state index in [0.29, 0.717) is 6.54 Å². The van der Waals surface area contributed by atoms with Crippen molar-refractivity contribution in [2.24, 2.45) is 0 Å².